The molecule has 0 aromatic heterocycles. The Kier molecular flexibility index (Phi) is 3.23. The summed E-state index contributed by atoms with van der Waals surface area (Å²) < 4.78 is 5.41. The number of fused-ring (bicyclic) bond motifs is 1. The number of rotatable bonds is 5. The van der Waals surface area contributed by atoms with Gasteiger partial charge in [-0.3, -0.25) is 4.79 Å². The van der Waals surface area contributed by atoms with Crippen molar-refractivity contribution in [1.82, 2.24) is 5.32 Å². The summed E-state index contributed by atoms with van der Waals surface area (Å²) >= 11 is 0. The molecule has 0 aromatic rings. The highest BCUT2D eigenvalue weighted by Crippen LogP contribution is 2.46. The zero-order valence-electron chi connectivity index (χ0n) is 9.48. The van der Waals surface area contributed by atoms with E-state index >= 15 is 0 Å². The lowest BCUT2D eigenvalue weighted by molar-refractivity contribution is -0.183. The molecule has 2 heterocycles. The maximum atomic E-state index is 11.1. The number of nitrogens with one attached hydrogen (secondary N) is 1. The first-order chi connectivity index (χ1) is 7.56. The molecule has 3 N–H and O–H groups in total. The number of aliphatic carboxylic acids is 1. The fourth-order valence-corrected chi connectivity index (χ4v) is 2.81. The van der Waals surface area contributed by atoms with E-state index in [0.29, 0.717) is 13.2 Å². The van der Waals surface area contributed by atoms with Crippen molar-refractivity contribution < 1.29 is 19.7 Å². The van der Waals surface area contributed by atoms with Crippen molar-refractivity contribution in [3.8, 4) is 0 Å². The van der Waals surface area contributed by atoms with Crippen LogP contribution in [0.2, 0.25) is 13.1 Å². The van der Waals surface area contributed by atoms with Crippen molar-refractivity contribution in [2.75, 3.05) is 13.2 Å². The van der Waals surface area contributed by atoms with Crippen molar-refractivity contribution in [2.45, 2.75) is 38.1 Å². The van der Waals surface area contributed by atoms with E-state index < -0.39 is 12.0 Å². The monoisotopic (exact) mass is 227 g/mol. The molecule has 90 valence electrons. The molecule has 0 aromatic carbocycles. The van der Waals surface area contributed by atoms with Gasteiger partial charge in [-0.25, -0.2) is 0 Å². The molecule has 0 radical (unpaired) electrons. The van der Waals surface area contributed by atoms with Gasteiger partial charge in [0.15, 0.2) is 0 Å². The largest absolute Gasteiger partial charge is 0.480 e. The molecule has 2 aliphatic heterocycles. The van der Waals surface area contributed by atoms with Crippen LogP contribution in [0.4, 0.5) is 0 Å². The highest BCUT2D eigenvalue weighted by molar-refractivity contribution is 6.48. The van der Waals surface area contributed by atoms with Crippen LogP contribution in [0.5, 0.6) is 0 Å². The number of hydrogen-bond acceptors (Lipinski definition) is 4. The van der Waals surface area contributed by atoms with Gasteiger partial charge in [-0.05, 0) is 12.7 Å². The molecule has 5 nitrogen and oxygen atoms in total. The average Bonchev–Trinajstić information content (AvgIpc) is 2.40. The first-order valence-electron chi connectivity index (χ1n) is 5.82. The van der Waals surface area contributed by atoms with E-state index in [9.17, 15) is 9.82 Å². The molecule has 0 amide bonds. The molecule has 2 saturated heterocycles. The number of carbonyl (C=O) groups is 1. The lowest BCUT2D eigenvalue weighted by Gasteiger charge is -2.46. The smallest absolute Gasteiger partial charge is 0.321 e. The average molecular weight is 227 g/mol. The van der Waals surface area contributed by atoms with Crippen LogP contribution >= 0.6 is 0 Å². The Bertz CT molecular complexity index is 286. The molecule has 3 atom stereocenters. The lowest BCUT2D eigenvalue weighted by Crippen LogP contribution is -2.57. The molecule has 2 fully saturated rings. The first kappa shape index (κ1) is 11.9. The fraction of sp³-hybridized carbons (Fsp3) is 0.900. The zero-order valence-corrected chi connectivity index (χ0v) is 9.48. The second-order valence-electron chi connectivity index (χ2n) is 4.95. The third-order valence-electron chi connectivity index (χ3n) is 3.79. The summed E-state index contributed by atoms with van der Waals surface area (Å²) in [6.45, 7) is 2.61. The third kappa shape index (κ3) is 1.85. The Morgan fingerprint density at radius 1 is 1.69 bits per heavy atom. The van der Waals surface area contributed by atoms with Crippen LogP contribution in [0, 0.1) is 5.41 Å². The fourth-order valence-electron chi connectivity index (χ4n) is 2.81. The van der Waals surface area contributed by atoms with Gasteiger partial charge in [0.05, 0.1) is 12.7 Å². The molecule has 0 bridgehead atoms. The topological polar surface area (TPSA) is 78.8 Å². The minimum atomic E-state index is -0.789. The van der Waals surface area contributed by atoms with Crippen LogP contribution in [0.25, 0.3) is 0 Å². The maximum absolute atomic E-state index is 11.1. The summed E-state index contributed by atoms with van der Waals surface area (Å²) in [7, 11) is 0. The molecular formula is C10H18BNO4. The van der Waals surface area contributed by atoms with Crippen molar-refractivity contribution in [1.29, 1.82) is 0 Å². The van der Waals surface area contributed by atoms with E-state index in [0.717, 1.165) is 19.2 Å². The first-order valence-corrected chi connectivity index (χ1v) is 5.82. The zero-order chi connectivity index (χ0) is 11.8. The van der Waals surface area contributed by atoms with Crippen LogP contribution < -0.4 is 5.32 Å². The number of hydrogen-bond donors (Lipinski definition) is 3. The second-order valence-corrected chi connectivity index (χ2v) is 4.95. The quantitative estimate of drug-likeness (QED) is 0.568. The predicted molar refractivity (Wildman–Crippen MR) is 59.5 cm³/mol. The molecule has 16 heavy (non-hydrogen) atoms. The van der Waals surface area contributed by atoms with Crippen LogP contribution in [0.15, 0.2) is 0 Å². The molecule has 6 heteroatoms. The van der Waals surface area contributed by atoms with E-state index in [1.54, 1.807) is 6.82 Å². The normalized spacial score (nSPS) is 36.6. The second kappa shape index (κ2) is 4.35. The number of carboxylic acid groups (broad SMARTS) is 1. The Balaban J connectivity index is 1.95. The van der Waals surface area contributed by atoms with Gasteiger partial charge in [0, 0.05) is 12.0 Å². The molecule has 0 aliphatic carbocycles. The Morgan fingerprint density at radius 3 is 2.94 bits per heavy atom. The molecule has 2 rings (SSSR count). The van der Waals surface area contributed by atoms with Gasteiger partial charge in [-0.2, -0.15) is 0 Å². The van der Waals surface area contributed by atoms with E-state index in [1.165, 1.54) is 0 Å². The Labute approximate surface area is 95.3 Å². The summed E-state index contributed by atoms with van der Waals surface area (Å²) in [5.74, 6) is -0.789. The van der Waals surface area contributed by atoms with Crippen LogP contribution in [-0.4, -0.2) is 48.3 Å². The summed E-state index contributed by atoms with van der Waals surface area (Å²) in [4.78, 5) is 11.1. The maximum Gasteiger partial charge on any atom is 0.321 e. The van der Waals surface area contributed by atoms with Gasteiger partial charge in [0.2, 0.25) is 0 Å². The van der Waals surface area contributed by atoms with Gasteiger partial charge in [0.25, 0.3) is 6.92 Å². The highest BCUT2D eigenvalue weighted by Gasteiger charge is 2.59. The Hall–Kier alpha value is -0.585. The van der Waals surface area contributed by atoms with Gasteiger partial charge in [0.1, 0.15) is 6.04 Å². The highest BCUT2D eigenvalue weighted by atomic mass is 16.5. The van der Waals surface area contributed by atoms with Crippen molar-refractivity contribution in [3.05, 3.63) is 0 Å². The molecule has 2 aliphatic rings. The van der Waals surface area contributed by atoms with E-state index in [2.05, 4.69) is 5.32 Å². The van der Waals surface area contributed by atoms with E-state index in [-0.39, 0.29) is 18.4 Å². The SMILES string of the molecule is CB(O)CCCC12COC1CNC2C(=O)O. The van der Waals surface area contributed by atoms with Gasteiger partial charge in [-0.1, -0.05) is 13.2 Å². The molecule has 0 spiro atoms. The lowest BCUT2D eigenvalue weighted by atomic mass is 9.63. The minimum Gasteiger partial charge on any atom is -0.480 e. The third-order valence-corrected chi connectivity index (χ3v) is 3.79. The van der Waals surface area contributed by atoms with Crippen molar-refractivity contribution in [3.63, 3.8) is 0 Å². The van der Waals surface area contributed by atoms with Gasteiger partial charge >= 0.3 is 5.97 Å². The summed E-state index contributed by atoms with van der Waals surface area (Å²) in [5.41, 5.74) is -0.235. The van der Waals surface area contributed by atoms with Crippen LogP contribution in [-0.2, 0) is 9.53 Å². The van der Waals surface area contributed by atoms with Crippen LogP contribution in [0.3, 0.4) is 0 Å². The van der Waals surface area contributed by atoms with Crippen molar-refractivity contribution >= 4 is 12.9 Å². The predicted octanol–water partition coefficient (Wildman–Crippen LogP) is -0.178. The number of ether oxygens (including phenoxy) is 1. The standard InChI is InChI=1S/C10H18BNO4/c1-11(15)4-2-3-10-6-16-7(10)5-12-8(10)9(13)14/h7-8,12,15H,2-6H2,1H3,(H,13,14). The van der Waals surface area contributed by atoms with Gasteiger partial charge < -0.3 is 20.2 Å². The summed E-state index contributed by atoms with van der Waals surface area (Å²) in [6, 6.07) is -0.486. The van der Waals surface area contributed by atoms with E-state index in [4.69, 9.17) is 9.84 Å². The van der Waals surface area contributed by atoms with E-state index in [1.807, 2.05) is 0 Å². The Morgan fingerprint density at radius 2 is 2.44 bits per heavy atom. The summed E-state index contributed by atoms with van der Waals surface area (Å²) in [6.07, 6.45) is 2.43. The van der Waals surface area contributed by atoms with Gasteiger partial charge in [-0.15, -0.1) is 0 Å². The molecule has 3 unspecified atom stereocenters. The molecule has 0 saturated carbocycles. The number of carboxylic acids is 1. The minimum absolute atomic E-state index is 0.0441. The van der Waals surface area contributed by atoms with Crippen molar-refractivity contribution in [2.24, 2.45) is 5.41 Å². The summed E-state index contributed by atoms with van der Waals surface area (Å²) in [5, 5.41) is 21.4. The van der Waals surface area contributed by atoms with Crippen LogP contribution in [0.1, 0.15) is 12.8 Å². The molecular weight excluding hydrogens is 209 g/mol.